The fourth-order valence-electron chi connectivity index (χ4n) is 3.51. The van der Waals surface area contributed by atoms with Gasteiger partial charge in [-0.05, 0) is 31.9 Å². The van der Waals surface area contributed by atoms with Gasteiger partial charge in [0.2, 0.25) is 5.91 Å². The number of nitrogens with one attached hydrogen (secondary N) is 1. The summed E-state index contributed by atoms with van der Waals surface area (Å²) < 4.78 is 0. The van der Waals surface area contributed by atoms with Crippen LogP contribution in [0.5, 0.6) is 0 Å². The maximum absolute atomic E-state index is 12.4. The van der Waals surface area contributed by atoms with Gasteiger partial charge < -0.3 is 5.32 Å². The van der Waals surface area contributed by atoms with Crippen molar-refractivity contribution < 1.29 is 4.79 Å². The number of fused-ring (bicyclic) bond motifs is 1. The molecule has 0 bridgehead atoms. The Morgan fingerprint density at radius 1 is 1.11 bits per heavy atom. The van der Waals surface area contributed by atoms with Crippen LogP contribution in [0.2, 0.25) is 0 Å². The van der Waals surface area contributed by atoms with Gasteiger partial charge in [0.1, 0.15) is 5.03 Å². The van der Waals surface area contributed by atoms with Gasteiger partial charge in [0.25, 0.3) is 0 Å². The third-order valence-electron chi connectivity index (χ3n) is 4.91. The maximum atomic E-state index is 12.4. The minimum Gasteiger partial charge on any atom is -0.353 e. The van der Waals surface area contributed by atoms with Crippen LogP contribution >= 0.6 is 11.8 Å². The molecule has 0 unspecified atom stereocenters. The van der Waals surface area contributed by atoms with E-state index in [4.69, 9.17) is 9.97 Å². The molecule has 1 amide bonds. The fraction of sp³-hybridized carbons (Fsp3) is 0.318. The van der Waals surface area contributed by atoms with E-state index < -0.39 is 0 Å². The summed E-state index contributed by atoms with van der Waals surface area (Å²) in [5.41, 5.74) is 3.06. The van der Waals surface area contributed by atoms with Gasteiger partial charge in [-0.1, -0.05) is 66.6 Å². The molecule has 0 atom stereocenters. The molecule has 138 valence electrons. The second-order valence-electron chi connectivity index (χ2n) is 7.08. The number of aromatic nitrogens is 2. The largest absolute Gasteiger partial charge is 0.353 e. The Morgan fingerprint density at radius 2 is 1.89 bits per heavy atom. The van der Waals surface area contributed by atoms with E-state index in [1.807, 2.05) is 36.4 Å². The van der Waals surface area contributed by atoms with E-state index in [0.717, 1.165) is 39.9 Å². The number of amides is 1. The lowest BCUT2D eigenvalue weighted by molar-refractivity contribution is -0.119. The number of carbonyl (C=O) groups is 1. The number of carbonyl (C=O) groups excluding carboxylic acids is 1. The molecule has 3 aromatic rings. The van der Waals surface area contributed by atoms with Crippen LogP contribution in [-0.2, 0) is 4.79 Å². The highest BCUT2D eigenvalue weighted by Crippen LogP contribution is 2.29. The molecule has 0 radical (unpaired) electrons. The third kappa shape index (κ3) is 4.30. The normalized spacial score (nSPS) is 14.6. The minimum absolute atomic E-state index is 0.0903. The van der Waals surface area contributed by atoms with Gasteiger partial charge >= 0.3 is 0 Å². The van der Waals surface area contributed by atoms with Crippen molar-refractivity contribution in [2.24, 2.45) is 0 Å². The van der Waals surface area contributed by atoms with Crippen molar-refractivity contribution >= 4 is 28.6 Å². The number of rotatable bonds is 5. The van der Waals surface area contributed by atoms with Crippen molar-refractivity contribution in [2.75, 3.05) is 5.75 Å². The Morgan fingerprint density at radius 3 is 2.67 bits per heavy atom. The van der Waals surface area contributed by atoms with E-state index in [9.17, 15) is 4.79 Å². The van der Waals surface area contributed by atoms with Gasteiger partial charge in [0.05, 0.1) is 11.3 Å². The molecule has 0 aliphatic heterocycles. The van der Waals surface area contributed by atoms with E-state index in [0.29, 0.717) is 17.6 Å². The molecule has 1 heterocycles. The van der Waals surface area contributed by atoms with Crippen LogP contribution in [-0.4, -0.2) is 27.7 Å². The summed E-state index contributed by atoms with van der Waals surface area (Å²) in [5.74, 6) is 1.17. The van der Waals surface area contributed by atoms with E-state index in [2.05, 4.69) is 24.4 Å². The molecule has 1 saturated carbocycles. The average Bonchev–Trinajstić information content (AvgIpc) is 3.19. The first kappa shape index (κ1) is 18.0. The minimum atomic E-state index is 0.0903. The van der Waals surface area contributed by atoms with E-state index >= 15 is 0 Å². The second kappa shape index (κ2) is 8.09. The van der Waals surface area contributed by atoms with E-state index in [1.54, 1.807) is 0 Å². The van der Waals surface area contributed by atoms with Gasteiger partial charge in [-0.15, -0.1) is 0 Å². The highest BCUT2D eigenvalue weighted by Gasteiger charge is 2.18. The van der Waals surface area contributed by atoms with Crippen LogP contribution in [0, 0.1) is 6.92 Å². The van der Waals surface area contributed by atoms with Crippen LogP contribution in [0.15, 0.2) is 53.6 Å². The molecular weight excluding hydrogens is 354 g/mol. The van der Waals surface area contributed by atoms with Gasteiger partial charge in [0.15, 0.2) is 5.82 Å². The van der Waals surface area contributed by atoms with Crippen molar-refractivity contribution in [3.63, 3.8) is 0 Å². The summed E-state index contributed by atoms with van der Waals surface area (Å²) in [4.78, 5) is 21.9. The lowest BCUT2D eigenvalue weighted by Crippen LogP contribution is -2.33. The molecule has 4 rings (SSSR count). The molecule has 1 N–H and O–H groups in total. The van der Waals surface area contributed by atoms with Gasteiger partial charge in [-0.3, -0.25) is 4.79 Å². The number of hydrogen-bond donors (Lipinski definition) is 1. The summed E-state index contributed by atoms with van der Waals surface area (Å²) in [5, 5.41) is 5.02. The van der Waals surface area contributed by atoms with Crippen LogP contribution < -0.4 is 5.32 Å². The number of nitrogens with zero attached hydrogens (tertiary/aromatic N) is 2. The third-order valence-corrected chi connectivity index (χ3v) is 5.90. The topological polar surface area (TPSA) is 54.9 Å². The smallest absolute Gasteiger partial charge is 0.230 e. The van der Waals surface area contributed by atoms with E-state index in [1.165, 1.54) is 24.6 Å². The quantitative estimate of drug-likeness (QED) is 0.515. The highest BCUT2D eigenvalue weighted by atomic mass is 32.2. The summed E-state index contributed by atoms with van der Waals surface area (Å²) in [6, 6.07) is 16.5. The summed E-state index contributed by atoms with van der Waals surface area (Å²) in [6.45, 7) is 2.06. The van der Waals surface area contributed by atoms with Crippen LogP contribution in [0.1, 0.15) is 31.2 Å². The molecule has 1 aliphatic carbocycles. The monoisotopic (exact) mass is 377 g/mol. The van der Waals surface area contributed by atoms with E-state index in [-0.39, 0.29) is 5.91 Å². The predicted octanol–water partition coefficient (Wildman–Crippen LogP) is 4.76. The molecule has 5 heteroatoms. The molecule has 1 aromatic heterocycles. The van der Waals surface area contributed by atoms with Crippen LogP contribution in [0.4, 0.5) is 0 Å². The first-order valence-electron chi connectivity index (χ1n) is 9.45. The SMILES string of the molecule is Cc1ccc2nc(-c3ccccc3)nc(SCC(=O)NC3CCCC3)c2c1. The molecule has 0 spiro atoms. The first-order valence-corrected chi connectivity index (χ1v) is 10.4. The first-order chi connectivity index (χ1) is 13.2. The zero-order valence-corrected chi connectivity index (χ0v) is 16.3. The Kier molecular flexibility index (Phi) is 5.39. The Hall–Kier alpha value is -2.40. The molecule has 2 aromatic carbocycles. The molecule has 4 nitrogen and oxygen atoms in total. The second-order valence-corrected chi connectivity index (χ2v) is 8.04. The predicted molar refractivity (Wildman–Crippen MR) is 111 cm³/mol. The summed E-state index contributed by atoms with van der Waals surface area (Å²) >= 11 is 1.50. The molecule has 1 aliphatic rings. The number of hydrogen-bond acceptors (Lipinski definition) is 4. The Labute approximate surface area is 163 Å². The van der Waals surface area contributed by atoms with Gasteiger partial charge in [0, 0.05) is 17.0 Å². The lowest BCUT2D eigenvalue weighted by atomic mass is 10.1. The summed E-state index contributed by atoms with van der Waals surface area (Å²) in [7, 11) is 0. The molecule has 27 heavy (non-hydrogen) atoms. The molecule has 1 fully saturated rings. The average molecular weight is 378 g/mol. The Balaban J connectivity index is 1.61. The zero-order chi connectivity index (χ0) is 18.6. The summed E-state index contributed by atoms with van der Waals surface area (Å²) in [6.07, 6.45) is 4.64. The van der Waals surface area contributed by atoms with Crippen molar-refractivity contribution in [2.45, 2.75) is 43.7 Å². The molecular formula is C22H23N3OS. The standard InChI is InChI=1S/C22H23N3OS/c1-15-11-12-19-18(13-15)22(25-21(24-19)16-7-3-2-4-8-16)27-14-20(26)23-17-9-5-6-10-17/h2-4,7-8,11-13,17H,5-6,9-10,14H2,1H3,(H,23,26). The lowest BCUT2D eigenvalue weighted by Gasteiger charge is -2.12. The maximum Gasteiger partial charge on any atom is 0.230 e. The van der Waals surface area contributed by atoms with Crippen molar-refractivity contribution in [1.29, 1.82) is 0 Å². The number of aryl methyl sites for hydroxylation is 1. The molecule has 0 saturated heterocycles. The number of benzene rings is 2. The van der Waals surface area contributed by atoms with Crippen molar-refractivity contribution in [3.8, 4) is 11.4 Å². The van der Waals surface area contributed by atoms with Crippen LogP contribution in [0.25, 0.3) is 22.3 Å². The van der Waals surface area contributed by atoms with Gasteiger partial charge in [-0.25, -0.2) is 9.97 Å². The highest BCUT2D eigenvalue weighted by molar-refractivity contribution is 8.00. The van der Waals surface area contributed by atoms with Crippen molar-refractivity contribution in [1.82, 2.24) is 15.3 Å². The van der Waals surface area contributed by atoms with Crippen LogP contribution in [0.3, 0.4) is 0 Å². The number of thioether (sulfide) groups is 1. The zero-order valence-electron chi connectivity index (χ0n) is 15.4. The van der Waals surface area contributed by atoms with Crippen molar-refractivity contribution in [3.05, 3.63) is 54.1 Å². The Bertz CT molecular complexity index is 952. The van der Waals surface area contributed by atoms with Gasteiger partial charge in [-0.2, -0.15) is 0 Å². The fourth-order valence-corrected chi connectivity index (χ4v) is 4.34.